The van der Waals surface area contributed by atoms with Crippen LogP contribution in [0.2, 0.25) is 0 Å². The molecule has 0 aliphatic carbocycles. The number of sulfonamides is 1. The number of hydrogen-bond donors (Lipinski definition) is 2. The number of hydrogen-bond acceptors (Lipinski definition) is 3. The second-order valence-corrected chi connectivity index (χ2v) is 8.45. The lowest BCUT2D eigenvalue weighted by Crippen LogP contribution is -2.25. The summed E-state index contributed by atoms with van der Waals surface area (Å²) in [6.07, 6.45) is 0. The van der Waals surface area contributed by atoms with Crippen molar-refractivity contribution in [1.29, 1.82) is 0 Å². The molecule has 2 N–H and O–H groups in total. The number of fused-ring (bicyclic) bond motifs is 1. The van der Waals surface area contributed by atoms with Gasteiger partial charge in [0.1, 0.15) is 5.69 Å². The molecule has 3 rings (SSSR count). The van der Waals surface area contributed by atoms with Crippen molar-refractivity contribution >= 4 is 42.8 Å². The number of nitrogens with zero attached hydrogens (tertiary/aromatic N) is 1. The van der Waals surface area contributed by atoms with E-state index in [0.29, 0.717) is 12.2 Å². The van der Waals surface area contributed by atoms with Crippen molar-refractivity contribution in [2.45, 2.75) is 11.4 Å². The summed E-state index contributed by atoms with van der Waals surface area (Å²) in [4.78, 5) is 12.8. The number of benzene rings is 2. The topological polar surface area (TPSA) is 80.2 Å². The van der Waals surface area contributed by atoms with Gasteiger partial charge in [0, 0.05) is 24.5 Å². The molecule has 0 aliphatic heterocycles. The van der Waals surface area contributed by atoms with E-state index in [2.05, 4.69) is 26.0 Å². The van der Waals surface area contributed by atoms with Crippen LogP contribution in [0.25, 0.3) is 10.9 Å². The Labute approximate surface area is 160 Å². The molecule has 0 atom stereocenters. The predicted molar refractivity (Wildman–Crippen MR) is 104 cm³/mol. The minimum atomic E-state index is -3.46. The highest BCUT2D eigenvalue weighted by Gasteiger charge is 2.19. The Kier molecular flexibility index (Phi) is 5.17. The fourth-order valence-corrected chi connectivity index (χ4v) is 4.28. The van der Waals surface area contributed by atoms with Crippen LogP contribution < -0.4 is 10.0 Å². The van der Waals surface area contributed by atoms with Gasteiger partial charge in [-0.15, -0.1) is 0 Å². The van der Waals surface area contributed by atoms with Gasteiger partial charge in [0.15, 0.2) is 0 Å². The Morgan fingerprint density at radius 3 is 2.38 bits per heavy atom. The summed E-state index contributed by atoms with van der Waals surface area (Å²) in [7, 11) is -0.249. The van der Waals surface area contributed by atoms with Crippen LogP contribution in [-0.2, 0) is 23.6 Å². The van der Waals surface area contributed by atoms with Crippen LogP contribution in [0, 0.1) is 0 Å². The van der Waals surface area contributed by atoms with Gasteiger partial charge in [-0.1, -0.05) is 30.3 Å². The maximum absolute atomic E-state index is 12.6. The number of aromatic nitrogens is 1. The lowest BCUT2D eigenvalue weighted by Gasteiger charge is -2.08. The van der Waals surface area contributed by atoms with E-state index < -0.39 is 10.0 Å². The van der Waals surface area contributed by atoms with E-state index in [1.807, 2.05) is 35.9 Å². The molecule has 0 fully saturated rings. The molecular weight excluding hydrogens is 418 g/mol. The Morgan fingerprint density at radius 2 is 1.77 bits per heavy atom. The van der Waals surface area contributed by atoms with Gasteiger partial charge in [0.25, 0.3) is 5.91 Å². The molecule has 0 radical (unpaired) electrons. The van der Waals surface area contributed by atoms with Crippen LogP contribution in [0.3, 0.4) is 0 Å². The Bertz CT molecular complexity index is 1030. The molecule has 0 unspecified atom stereocenters. The minimum absolute atomic E-state index is 0.187. The Balaban J connectivity index is 1.78. The van der Waals surface area contributed by atoms with Gasteiger partial charge in [-0.2, -0.15) is 0 Å². The van der Waals surface area contributed by atoms with Crippen molar-refractivity contribution in [3.05, 3.63) is 64.3 Å². The van der Waals surface area contributed by atoms with Crippen molar-refractivity contribution in [1.82, 2.24) is 14.6 Å². The summed E-state index contributed by atoms with van der Waals surface area (Å²) >= 11 is 3.51. The molecule has 0 spiro atoms. The summed E-state index contributed by atoms with van der Waals surface area (Å²) in [5.41, 5.74) is 2.31. The van der Waals surface area contributed by atoms with Crippen LogP contribution in [-0.4, -0.2) is 25.9 Å². The van der Waals surface area contributed by atoms with Crippen molar-refractivity contribution in [2.24, 2.45) is 7.05 Å². The molecule has 1 amide bonds. The smallest absolute Gasteiger partial charge is 0.269 e. The molecule has 1 heterocycles. The van der Waals surface area contributed by atoms with Crippen LogP contribution in [0.15, 0.2) is 57.9 Å². The monoisotopic (exact) mass is 435 g/mol. The summed E-state index contributed by atoms with van der Waals surface area (Å²) in [5, 5.41) is 3.85. The zero-order chi connectivity index (χ0) is 18.9. The van der Waals surface area contributed by atoms with Gasteiger partial charge in [0.05, 0.1) is 9.37 Å². The normalized spacial score (nSPS) is 11.7. The fourth-order valence-electron chi connectivity index (χ4n) is 2.77. The lowest BCUT2D eigenvalue weighted by molar-refractivity contribution is 0.0942. The van der Waals surface area contributed by atoms with E-state index in [-0.39, 0.29) is 10.8 Å². The summed E-state index contributed by atoms with van der Waals surface area (Å²) in [6, 6.07) is 14.2. The van der Waals surface area contributed by atoms with Crippen LogP contribution in [0.1, 0.15) is 16.1 Å². The standard InChI is InChI=1S/C18H18BrN3O3S/c1-20-26(24,25)13-9-7-12(8-10-13)11-21-18(23)17-16(19)14-5-3-4-6-15(14)22(17)2/h3-10,20H,11H2,1-2H3,(H,21,23). The highest BCUT2D eigenvalue weighted by Crippen LogP contribution is 2.30. The molecule has 136 valence electrons. The molecule has 1 aromatic heterocycles. The second kappa shape index (κ2) is 7.22. The fraction of sp³-hybridized carbons (Fsp3) is 0.167. The average molecular weight is 436 g/mol. The van der Waals surface area contributed by atoms with Crippen LogP contribution >= 0.6 is 15.9 Å². The van der Waals surface area contributed by atoms with Gasteiger partial charge in [-0.3, -0.25) is 4.79 Å². The molecule has 0 saturated carbocycles. The van der Waals surface area contributed by atoms with E-state index in [1.165, 1.54) is 19.2 Å². The highest BCUT2D eigenvalue weighted by molar-refractivity contribution is 9.10. The number of halogens is 1. The number of amides is 1. The largest absolute Gasteiger partial charge is 0.347 e. The van der Waals surface area contributed by atoms with Crippen molar-refractivity contribution < 1.29 is 13.2 Å². The molecule has 3 aromatic rings. The van der Waals surface area contributed by atoms with Crippen molar-refractivity contribution in [3.63, 3.8) is 0 Å². The number of carbonyl (C=O) groups excluding carboxylic acids is 1. The molecular formula is C18H18BrN3O3S. The molecule has 8 heteroatoms. The third-order valence-electron chi connectivity index (χ3n) is 4.22. The van der Waals surface area contributed by atoms with Gasteiger partial charge in [-0.05, 0) is 46.7 Å². The van der Waals surface area contributed by atoms with Crippen LogP contribution in [0.4, 0.5) is 0 Å². The minimum Gasteiger partial charge on any atom is -0.347 e. The zero-order valence-electron chi connectivity index (χ0n) is 14.3. The molecule has 0 bridgehead atoms. The van der Waals surface area contributed by atoms with Crippen molar-refractivity contribution in [3.8, 4) is 0 Å². The SMILES string of the molecule is CNS(=O)(=O)c1ccc(CNC(=O)c2c(Br)c3ccccc3n2C)cc1. The third-order valence-corrected chi connectivity index (χ3v) is 6.45. The van der Waals surface area contributed by atoms with E-state index in [0.717, 1.165) is 20.9 Å². The maximum atomic E-state index is 12.6. The Morgan fingerprint density at radius 1 is 1.12 bits per heavy atom. The summed E-state index contributed by atoms with van der Waals surface area (Å²) < 4.78 is 28.3. The molecule has 0 saturated heterocycles. The predicted octanol–water partition coefficient (Wildman–Crippen LogP) is 2.78. The molecule has 0 aliphatic rings. The maximum Gasteiger partial charge on any atom is 0.269 e. The van der Waals surface area contributed by atoms with E-state index in [9.17, 15) is 13.2 Å². The quantitative estimate of drug-likeness (QED) is 0.646. The third kappa shape index (κ3) is 3.40. The van der Waals surface area contributed by atoms with E-state index >= 15 is 0 Å². The first-order chi connectivity index (χ1) is 12.3. The lowest BCUT2D eigenvalue weighted by atomic mass is 10.2. The Hall–Kier alpha value is -2.16. The zero-order valence-corrected chi connectivity index (χ0v) is 16.7. The number of para-hydroxylation sites is 1. The summed E-state index contributed by atoms with van der Waals surface area (Å²) in [6.45, 7) is 0.298. The first-order valence-electron chi connectivity index (χ1n) is 7.88. The first-order valence-corrected chi connectivity index (χ1v) is 10.2. The van der Waals surface area contributed by atoms with Gasteiger partial charge in [-0.25, -0.2) is 13.1 Å². The van der Waals surface area contributed by atoms with E-state index in [1.54, 1.807) is 12.1 Å². The number of aryl methyl sites for hydroxylation is 1. The number of carbonyl (C=O) groups is 1. The van der Waals surface area contributed by atoms with E-state index in [4.69, 9.17) is 0 Å². The molecule has 26 heavy (non-hydrogen) atoms. The molecule has 6 nitrogen and oxygen atoms in total. The summed E-state index contributed by atoms with van der Waals surface area (Å²) in [5.74, 6) is -0.206. The first kappa shape index (κ1) is 18.6. The van der Waals surface area contributed by atoms with Gasteiger partial charge >= 0.3 is 0 Å². The van der Waals surface area contributed by atoms with Gasteiger partial charge < -0.3 is 9.88 Å². The van der Waals surface area contributed by atoms with Crippen molar-refractivity contribution in [2.75, 3.05) is 7.05 Å². The number of rotatable bonds is 5. The van der Waals surface area contributed by atoms with Crippen LogP contribution in [0.5, 0.6) is 0 Å². The molecule has 2 aromatic carbocycles. The number of nitrogens with one attached hydrogen (secondary N) is 2. The highest BCUT2D eigenvalue weighted by atomic mass is 79.9. The van der Waals surface area contributed by atoms with Gasteiger partial charge in [0.2, 0.25) is 10.0 Å². The second-order valence-electron chi connectivity index (χ2n) is 5.77. The average Bonchev–Trinajstić information content (AvgIpc) is 2.91.